The van der Waals surface area contributed by atoms with Crippen molar-refractivity contribution in [1.29, 1.82) is 0 Å². The molecule has 0 aliphatic heterocycles. The first-order valence-electron chi connectivity index (χ1n) is 7.48. The average molecular weight is 260 g/mol. The van der Waals surface area contributed by atoms with E-state index in [0.29, 0.717) is 5.92 Å². The van der Waals surface area contributed by atoms with Gasteiger partial charge in [-0.25, -0.2) is 0 Å². The summed E-state index contributed by atoms with van der Waals surface area (Å²) >= 11 is 0. The number of allylic oxidation sites excluding steroid dienone is 14. The van der Waals surface area contributed by atoms with E-state index in [1.54, 1.807) is 5.57 Å². The highest BCUT2D eigenvalue weighted by Crippen LogP contribution is 2.51. The second-order valence-corrected chi connectivity index (χ2v) is 7.06. The lowest BCUT2D eigenvalue weighted by Gasteiger charge is -2.41. The molecule has 0 saturated carbocycles. The minimum absolute atomic E-state index is 0.198. The van der Waals surface area contributed by atoms with Crippen LogP contribution in [-0.2, 0) is 0 Å². The molecule has 100 valence electrons. The van der Waals surface area contributed by atoms with E-state index in [1.807, 2.05) is 0 Å². The molecule has 0 fully saturated rings. The van der Waals surface area contributed by atoms with Crippen LogP contribution >= 0.6 is 0 Å². The molecule has 0 heterocycles. The van der Waals surface area contributed by atoms with Crippen molar-refractivity contribution < 1.29 is 0 Å². The molecule has 0 N–H and O–H groups in total. The maximum absolute atomic E-state index is 2.46. The summed E-state index contributed by atoms with van der Waals surface area (Å²) in [4.78, 5) is 0. The maximum atomic E-state index is 2.46. The van der Waals surface area contributed by atoms with Gasteiger partial charge in [-0.05, 0) is 45.3 Å². The van der Waals surface area contributed by atoms with Crippen molar-refractivity contribution in [2.24, 2.45) is 11.3 Å². The molecule has 0 nitrogen and oxygen atoms in total. The summed E-state index contributed by atoms with van der Waals surface area (Å²) in [6.07, 6.45) is 19.5. The summed E-state index contributed by atoms with van der Waals surface area (Å²) in [6, 6.07) is 0. The van der Waals surface area contributed by atoms with Crippen LogP contribution in [0.2, 0.25) is 0 Å². The number of rotatable bonds is 0. The molecular weight excluding hydrogens is 240 g/mol. The molecule has 1 atom stereocenters. The fourth-order valence-corrected chi connectivity index (χ4v) is 3.78. The van der Waals surface area contributed by atoms with Gasteiger partial charge in [0.25, 0.3) is 0 Å². The Morgan fingerprint density at radius 3 is 2.70 bits per heavy atom. The van der Waals surface area contributed by atoms with Crippen LogP contribution in [0.4, 0.5) is 0 Å². The van der Waals surface area contributed by atoms with Crippen LogP contribution in [0.25, 0.3) is 0 Å². The summed E-state index contributed by atoms with van der Waals surface area (Å²) in [5, 5.41) is 0. The fraction of sp³-hybridized carbons (Fsp3) is 0.300. The molecule has 0 spiro atoms. The van der Waals surface area contributed by atoms with Gasteiger partial charge in [0.15, 0.2) is 0 Å². The molecule has 4 aliphatic rings. The molecule has 1 unspecified atom stereocenters. The van der Waals surface area contributed by atoms with E-state index in [-0.39, 0.29) is 5.41 Å². The molecule has 0 aromatic heterocycles. The quantitative estimate of drug-likeness (QED) is 0.561. The highest BCUT2D eigenvalue weighted by atomic mass is 14.4. The smallest absolute Gasteiger partial charge is 0.0351 e. The fourth-order valence-electron chi connectivity index (χ4n) is 3.78. The van der Waals surface area contributed by atoms with Crippen LogP contribution < -0.4 is 0 Å². The third-order valence-corrected chi connectivity index (χ3v) is 4.68. The van der Waals surface area contributed by atoms with Gasteiger partial charge in [-0.3, -0.25) is 0 Å². The number of hydrogen-bond acceptors (Lipinski definition) is 0. The molecule has 0 aromatic rings. The van der Waals surface area contributed by atoms with E-state index < -0.39 is 0 Å². The van der Waals surface area contributed by atoms with Crippen molar-refractivity contribution in [1.82, 2.24) is 0 Å². The summed E-state index contributed by atoms with van der Waals surface area (Å²) in [7, 11) is 0. The first-order valence-corrected chi connectivity index (χ1v) is 7.48. The third kappa shape index (κ3) is 1.54. The van der Waals surface area contributed by atoms with Crippen LogP contribution in [0.15, 0.2) is 82.0 Å². The van der Waals surface area contributed by atoms with Crippen molar-refractivity contribution in [3.8, 4) is 0 Å². The van der Waals surface area contributed by atoms with E-state index in [1.165, 1.54) is 27.9 Å². The zero-order valence-electron chi connectivity index (χ0n) is 12.4. The predicted octanol–water partition coefficient (Wildman–Crippen LogP) is 5.21. The van der Waals surface area contributed by atoms with Gasteiger partial charge in [0, 0.05) is 5.92 Å². The van der Waals surface area contributed by atoms with E-state index in [0.717, 1.165) is 6.42 Å². The maximum Gasteiger partial charge on any atom is 0.0351 e. The first-order chi connectivity index (χ1) is 9.55. The molecule has 4 aliphatic carbocycles. The molecule has 0 aromatic carbocycles. The standard InChI is InChI=1S/C20H20/c1-20(2,3)17-12-15-8-4-6-13-10-11-14-7-5-9-16(17)19(14)18(13)15/h4-7,9-12,19H,8H2,1-3H3. The van der Waals surface area contributed by atoms with Crippen LogP contribution in [0.3, 0.4) is 0 Å². The molecule has 0 amide bonds. The molecule has 0 radical (unpaired) electrons. The lowest BCUT2D eigenvalue weighted by atomic mass is 9.63. The Hall–Kier alpha value is -1.82. The van der Waals surface area contributed by atoms with Crippen LogP contribution in [0.1, 0.15) is 27.2 Å². The summed E-state index contributed by atoms with van der Waals surface area (Å²) in [5.74, 6) is 0.471. The molecule has 20 heavy (non-hydrogen) atoms. The molecular formula is C20H20. The second-order valence-electron chi connectivity index (χ2n) is 7.06. The Labute approximate surface area is 121 Å². The van der Waals surface area contributed by atoms with Gasteiger partial charge < -0.3 is 0 Å². The van der Waals surface area contributed by atoms with Crippen molar-refractivity contribution in [3.05, 3.63) is 82.0 Å². The topological polar surface area (TPSA) is 0 Å². The van der Waals surface area contributed by atoms with Gasteiger partial charge in [0.2, 0.25) is 0 Å². The summed E-state index contributed by atoms with van der Waals surface area (Å²) < 4.78 is 0. The van der Waals surface area contributed by atoms with Crippen LogP contribution in [-0.4, -0.2) is 0 Å². The van der Waals surface area contributed by atoms with E-state index in [2.05, 4.69) is 69.4 Å². The minimum atomic E-state index is 0.198. The predicted molar refractivity (Wildman–Crippen MR) is 85.2 cm³/mol. The lowest BCUT2D eigenvalue weighted by molar-refractivity contribution is 0.497. The van der Waals surface area contributed by atoms with Gasteiger partial charge in [0.05, 0.1) is 0 Å². The van der Waals surface area contributed by atoms with Gasteiger partial charge in [-0.1, -0.05) is 69.4 Å². The Balaban J connectivity index is 2.01. The summed E-state index contributed by atoms with van der Waals surface area (Å²) in [5.41, 5.74) is 9.14. The Morgan fingerprint density at radius 1 is 1.05 bits per heavy atom. The van der Waals surface area contributed by atoms with E-state index >= 15 is 0 Å². The Morgan fingerprint density at radius 2 is 1.90 bits per heavy atom. The first kappa shape index (κ1) is 12.0. The van der Waals surface area contributed by atoms with Crippen LogP contribution in [0, 0.1) is 11.3 Å². The van der Waals surface area contributed by atoms with E-state index in [4.69, 9.17) is 0 Å². The van der Waals surface area contributed by atoms with Gasteiger partial charge in [-0.2, -0.15) is 0 Å². The lowest BCUT2D eigenvalue weighted by Crippen LogP contribution is -2.27. The molecule has 0 saturated heterocycles. The van der Waals surface area contributed by atoms with Crippen LogP contribution in [0.5, 0.6) is 0 Å². The second kappa shape index (κ2) is 3.85. The number of hydrogen-bond donors (Lipinski definition) is 0. The molecule has 0 bridgehead atoms. The Kier molecular flexibility index (Phi) is 2.30. The van der Waals surface area contributed by atoms with Crippen molar-refractivity contribution in [2.75, 3.05) is 0 Å². The van der Waals surface area contributed by atoms with Gasteiger partial charge in [0.1, 0.15) is 0 Å². The normalized spacial score (nSPS) is 26.6. The Bertz CT molecular complexity index is 704. The van der Waals surface area contributed by atoms with Crippen molar-refractivity contribution in [2.45, 2.75) is 27.2 Å². The molecule has 4 rings (SSSR count). The zero-order chi connectivity index (χ0) is 13.9. The largest absolute Gasteiger partial charge is 0.0795 e. The van der Waals surface area contributed by atoms with Gasteiger partial charge in [-0.15, -0.1) is 0 Å². The highest BCUT2D eigenvalue weighted by Gasteiger charge is 2.37. The van der Waals surface area contributed by atoms with Crippen molar-refractivity contribution in [3.63, 3.8) is 0 Å². The van der Waals surface area contributed by atoms with Gasteiger partial charge >= 0.3 is 0 Å². The highest BCUT2D eigenvalue weighted by molar-refractivity contribution is 5.69. The summed E-state index contributed by atoms with van der Waals surface area (Å²) in [6.45, 7) is 6.97. The zero-order valence-corrected chi connectivity index (χ0v) is 12.4. The minimum Gasteiger partial charge on any atom is -0.0795 e. The third-order valence-electron chi connectivity index (χ3n) is 4.68. The SMILES string of the molecule is CC(C)(C)C1=CC2=C3C(=CC=C4C=CC=C1C43)C=CC2. The van der Waals surface area contributed by atoms with Crippen molar-refractivity contribution >= 4 is 0 Å². The van der Waals surface area contributed by atoms with E-state index in [9.17, 15) is 0 Å². The molecule has 0 heteroatoms. The monoisotopic (exact) mass is 260 g/mol. The average Bonchev–Trinajstić information content (AvgIpc) is 2.43.